The second-order valence-corrected chi connectivity index (χ2v) is 4.27. The molecule has 0 aromatic heterocycles. The fraction of sp³-hybridized carbons (Fsp3) is 0.636. The molecule has 0 saturated heterocycles. The van der Waals surface area contributed by atoms with E-state index >= 15 is 0 Å². The molecule has 0 heterocycles. The molecule has 80 valence electrons. The number of carbonyl (C=O) groups excluding carboxylic acids is 2. The highest BCUT2D eigenvalue weighted by molar-refractivity contribution is 5.87. The first kappa shape index (κ1) is 12.9. The third kappa shape index (κ3) is 5.51. The Balaban J connectivity index is 3.61. The molecule has 0 bridgehead atoms. The molecule has 3 nitrogen and oxygen atoms in total. The van der Waals surface area contributed by atoms with Gasteiger partial charge >= 0.3 is 0 Å². The van der Waals surface area contributed by atoms with Crippen LogP contribution in [0.1, 0.15) is 33.6 Å². The molecule has 1 N–H and O–H groups in total. The smallest absolute Gasteiger partial charge is 0.243 e. The lowest BCUT2D eigenvalue weighted by Crippen LogP contribution is -2.25. The highest BCUT2D eigenvalue weighted by Gasteiger charge is 2.19. The van der Waals surface area contributed by atoms with Crippen LogP contribution in [0.3, 0.4) is 0 Å². The molecule has 14 heavy (non-hydrogen) atoms. The predicted molar refractivity (Wildman–Crippen MR) is 56.9 cm³/mol. The molecule has 0 atom stereocenters. The second-order valence-electron chi connectivity index (χ2n) is 4.27. The first-order valence-corrected chi connectivity index (χ1v) is 4.81. The first-order chi connectivity index (χ1) is 6.38. The summed E-state index contributed by atoms with van der Waals surface area (Å²) in [5, 5.41) is 2.63. The molecule has 0 rings (SSSR count). The van der Waals surface area contributed by atoms with Crippen molar-refractivity contribution in [2.75, 3.05) is 6.54 Å². The summed E-state index contributed by atoms with van der Waals surface area (Å²) in [6.07, 6.45) is 2.43. The van der Waals surface area contributed by atoms with Gasteiger partial charge in [-0.05, 0) is 12.5 Å². The van der Waals surface area contributed by atoms with Crippen LogP contribution in [0.4, 0.5) is 0 Å². The largest absolute Gasteiger partial charge is 0.353 e. The molecule has 0 spiro atoms. The van der Waals surface area contributed by atoms with E-state index in [4.69, 9.17) is 0 Å². The Labute approximate surface area is 85.6 Å². The van der Waals surface area contributed by atoms with Gasteiger partial charge in [0.25, 0.3) is 0 Å². The van der Waals surface area contributed by atoms with Crippen molar-refractivity contribution in [1.29, 1.82) is 0 Å². The molecule has 0 aromatic rings. The van der Waals surface area contributed by atoms with Gasteiger partial charge < -0.3 is 5.32 Å². The Kier molecular flexibility index (Phi) is 5.13. The quantitative estimate of drug-likeness (QED) is 0.538. The fourth-order valence-corrected chi connectivity index (χ4v) is 0.908. The monoisotopic (exact) mass is 197 g/mol. The zero-order chi connectivity index (χ0) is 11.2. The van der Waals surface area contributed by atoms with Gasteiger partial charge in [0.15, 0.2) is 0 Å². The third-order valence-corrected chi connectivity index (χ3v) is 1.90. The van der Waals surface area contributed by atoms with Gasteiger partial charge in [0, 0.05) is 18.4 Å². The summed E-state index contributed by atoms with van der Waals surface area (Å²) in [5.74, 6) is 0.0403. The highest BCUT2D eigenvalue weighted by atomic mass is 16.1. The maximum absolute atomic E-state index is 11.4. The molecule has 1 amide bonds. The van der Waals surface area contributed by atoms with Gasteiger partial charge in [0.2, 0.25) is 5.91 Å². The van der Waals surface area contributed by atoms with Gasteiger partial charge in [-0.3, -0.25) is 9.59 Å². The van der Waals surface area contributed by atoms with E-state index in [9.17, 15) is 9.59 Å². The molecule has 0 saturated carbocycles. The number of amides is 1. The lowest BCUT2D eigenvalue weighted by Gasteiger charge is -2.16. The molecule has 0 aliphatic heterocycles. The van der Waals surface area contributed by atoms with E-state index in [1.807, 2.05) is 20.8 Å². The van der Waals surface area contributed by atoms with Crippen LogP contribution in [0.15, 0.2) is 12.7 Å². The minimum absolute atomic E-state index is 0.187. The van der Waals surface area contributed by atoms with E-state index in [0.29, 0.717) is 19.4 Å². The van der Waals surface area contributed by atoms with E-state index in [2.05, 4.69) is 11.9 Å². The number of nitrogens with one attached hydrogen (secondary N) is 1. The van der Waals surface area contributed by atoms with Crippen molar-refractivity contribution in [2.45, 2.75) is 33.6 Å². The van der Waals surface area contributed by atoms with Gasteiger partial charge in [-0.2, -0.15) is 0 Å². The van der Waals surface area contributed by atoms with Crippen molar-refractivity contribution >= 4 is 11.7 Å². The lowest BCUT2D eigenvalue weighted by atomic mass is 9.88. The Bertz CT molecular complexity index is 226. The van der Waals surface area contributed by atoms with Crippen LogP contribution in [0.25, 0.3) is 0 Å². The van der Waals surface area contributed by atoms with Crippen LogP contribution >= 0.6 is 0 Å². The van der Waals surface area contributed by atoms with Gasteiger partial charge in [0.05, 0.1) is 0 Å². The van der Waals surface area contributed by atoms with Crippen molar-refractivity contribution in [1.82, 2.24) is 5.32 Å². The van der Waals surface area contributed by atoms with Gasteiger partial charge in [0.1, 0.15) is 5.78 Å². The number of hydrogen-bond donors (Lipinski definition) is 1. The standard InChI is InChI=1S/C11H19NO2/c1-5-10(14)12-8-6-7-9(13)11(2,3)4/h5H,1,6-8H2,2-4H3,(H,12,14). The topological polar surface area (TPSA) is 46.2 Å². The van der Waals surface area contributed by atoms with E-state index in [1.165, 1.54) is 6.08 Å². The minimum atomic E-state index is -0.275. The predicted octanol–water partition coefficient (Wildman–Crippen LogP) is 1.68. The van der Waals surface area contributed by atoms with Crippen molar-refractivity contribution in [3.63, 3.8) is 0 Å². The summed E-state index contributed by atoms with van der Waals surface area (Å²) in [4.78, 5) is 22.2. The fourth-order valence-electron chi connectivity index (χ4n) is 0.908. The molecule has 0 aliphatic rings. The molecule has 0 aliphatic carbocycles. The van der Waals surface area contributed by atoms with Crippen molar-refractivity contribution < 1.29 is 9.59 Å². The van der Waals surface area contributed by atoms with Crippen molar-refractivity contribution in [3.05, 3.63) is 12.7 Å². The summed E-state index contributed by atoms with van der Waals surface area (Å²) in [5.41, 5.74) is -0.275. The summed E-state index contributed by atoms with van der Waals surface area (Å²) in [6.45, 7) is 9.57. The second kappa shape index (κ2) is 5.58. The Morgan fingerprint density at radius 1 is 1.36 bits per heavy atom. The molecule has 3 heteroatoms. The Hall–Kier alpha value is -1.12. The molecule has 0 aromatic carbocycles. The van der Waals surface area contributed by atoms with Gasteiger partial charge in [-0.1, -0.05) is 27.4 Å². The molecular weight excluding hydrogens is 178 g/mol. The summed E-state index contributed by atoms with van der Waals surface area (Å²) < 4.78 is 0. The van der Waals surface area contributed by atoms with E-state index < -0.39 is 0 Å². The Morgan fingerprint density at radius 2 is 1.93 bits per heavy atom. The zero-order valence-electron chi connectivity index (χ0n) is 9.22. The summed E-state index contributed by atoms with van der Waals surface area (Å²) in [6, 6.07) is 0. The molecule has 0 radical (unpaired) electrons. The van der Waals surface area contributed by atoms with E-state index in [-0.39, 0.29) is 17.1 Å². The number of Topliss-reactive ketones (excluding diaryl/α,β-unsaturated/α-hetero) is 1. The number of carbonyl (C=O) groups is 2. The van der Waals surface area contributed by atoms with E-state index in [1.54, 1.807) is 0 Å². The third-order valence-electron chi connectivity index (χ3n) is 1.90. The van der Waals surface area contributed by atoms with Crippen LogP contribution in [0.5, 0.6) is 0 Å². The summed E-state index contributed by atoms with van der Waals surface area (Å²) >= 11 is 0. The van der Waals surface area contributed by atoms with Crippen LogP contribution in [-0.4, -0.2) is 18.2 Å². The molecule has 0 fully saturated rings. The molecular formula is C11H19NO2. The summed E-state index contributed by atoms with van der Waals surface area (Å²) in [7, 11) is 0. The number of ketones is 1. The lowest BCUT2D eigenvalue weighted by molar-refractivity contribution is -0.126. The van der Waals surface area contributed by atoms with Crippen LogP contribution in [0.2, 0.25) is 0 Å². The number of hydrogen-bond acceptors (Lipinski definition) is 2. The minimum Gasteiger partial charge on any atom is -0.353 e. The average molecular weight is 197 g/mol. The maximum Gasteiger partial charge on any atom is 0.243 e. The zero-order valence-corrected chi connectivity index (χ0v) is 9.22. The van der Waals surface area contributed by atoms with Gasteiger partial charge in [-0.25, -0.2) is 0 Å². The molecule has 0 unspecified atom stereocenters. The Morgan fingerprint density at radius 3 is 2.36 bits per heavy atom. The number of rotatable bonds is 5. The van der Waals surface area contributed by atoms with Crippen LogP contribution in [0, 0.1) is 5.41 Å². The highest BCUT2D eigenvalue weighted by Crippen LogP contribution is 2.17. The average Bonchev–Trinajstić information content (AvgIpc) is 2.09. The SMILES string of the molecule is C=CC(=O)NCCCC(=O)C(C)(C)C. The van der Waals surface area contributed by atoms with E-state index in [0.717, 1.165) is 0 Å². The van der Waals surface area contributed by atoms with Crippen LogP contribution in [-0.2, 0) is 9.59 Å². The van der Waals surface area contributed by atoms with Crippen molar-refractivity contribution in [3.8, 4) is 0 Å². The maximum atomic E-state index is 11.4. The normalized spacial score (nSPS) is 10.8. The van der Waals surface area contributed by atoms with Gasteiger partial charge in [-0.15, -0.1) is 0 Å². The first-order valence-electron chi connectivity index (χ1n) is 4.81. The van der Waals surface area contributed by atoms with Crippen LogP contribution < -0.4 is 5.32 Å². The van der Waals surface area contributed by atoms with Crippen molar-refractivity contribution in [2.24, 2.45) is 5.41 Å².